The van der Waals surface area contributed by atoms with Crippen LogP contribution in [0.1, 0.15) is 113 Å². The van der Waals surface area contributed by atoms with Crippen molar-refractivity contribution in [3.63, 3.8) is 0 Å². The fraction of sp³-hybridized carbons (Fsp3) is 0.935. The Bertz CT molecular complexity index is 848. The van der Waals surface area contributed by atoms with Crippen molar-refractivity contribution in [2.75, 3.05) is 6.61 Å². The monoisotopic (exact) mass is 470 g/mol. The summed E-state index contributed by atoms with van der Waals surface area (Å²) < 4.78 is 5.80. The van der Waals surface area contributed by atoms with E-state index < -0.39 is 0 Å². The SMILES string of the molecule is CC(=O)OC[C@]12CC[C@@H](C(C)C)[C@@H]1[C@H]1CC[C@@H]3[C@@]4(C)CCC(=O)[C@@H](C)[C@@H]4CC[C@@]3(C)[C@]1(C)CC2. The molecule has 5 aliphatic rings. The van der Waals surface area contributed by atoms with Crippen molar-refractivity contribution in [2.24, 2.45) is 63.1 Å². The largest absolute Gasteiger partial charge is 0.465 e. The fourth-order valence-electron chi connectivity index (χ4n) is 11.5. The van der Waals surface area contributed by atoms with Gasteiger partial charge >= 0.3 is 5.97 Å². The third-order valence-corrected chi connectivity index (χ3v) is 13.4. The number of hydrogen-bond acceptors (Lipinski definition) is 3. The maximum Gasteiger partial charge on any atom is 0.302 e. The summed E-state index contributed by atoms with van der Waals surface area (Å²) in [6.07, 6.45) is 12.1. The van der Waals surface area contributed by atoms with Crippen LogP contribution in [0.5, 0.6) is 0 Å². The van der Waals surface area contributed by atoms with Crippen LogP contribution in [-0.2, 0) is 14.3 Å². The molecule has 0 radical (unpaired) electrons. The standard InChI is InChI=1S/C31H50O3/c1-19(2)22-10-15-31(18-34-21(4)32)17-16-29(6)24(27(22)31)8-9-26-28(5)13-12-25(33)20(3)23(28)11-14-30(26,29)7/h19-20,22-24,26-27H,8-18H2,1-7H3/t20-,22-,23-,24+,26+,27+,28-,29+,30+,31+/m0/s1. The summed E-state index contributed by atoms with van der Waals surface area (Å²) in [5, 5.41) is 0. The van der Waals surface area contributed by atoms with Crippen molar-refractivity contribution in [3.8, 4) is 0 Å². The average Bonchev–Trinajstić information content (AvgIpc) is 3.16. The highest BCUT2D eigenvalue weighted by molar-refractivity contribution is 5.82. The van der Waals surface area contributed by atoms with Crippen LogP contribution in [0.25, 0.3) is 0 Å². The summed E-state index contributed by atoms with van der Waals surface area (Å²) in [5.74, 6) is 4.81. The molecule has 3 heteroatoms. The third kappa shape index (κ3) is 3.19. The quantitative estimate of drug-likeness (QED) is 0.402. The first-order valence-electron chi connectivity index (χ1n) is 14.6. The van der Waals surface area contributed by atoms with E-state index in [0.717, 1.165) is 30.6 Å². The molecule has 0 N–H and O–H groups in total. The first-order valence-corrected chi connectivity index (χ1v) is 14.6. The third-order valence-electron chi connectivity index (χ3n) is 13.4. The molecular formula is C31H50O3. The lowest BCUT2D eigenvalue weighted by atomic mass is 9.33. The Morgan fingerprint density at radius 1 is 0.941 bits per heavy atom. The molecule has 0 aromatic heterocycles. The fourth-order valence-corrected chi connectivity index (χ4v) is 11.5. The molecule has 0 bridgehead atoms. The molecule has 5 rings (SSSR count). The minimum Gasteiger partial charge on any atom is -0.465 e. The van der Waals surface area contributed by atoms with Crippen LogP contribution in [0.2, 0.25) is 0 Å². The first kappa shape index (κ1) is 24.8. The van der Waals surface area contributed by atoms with Crippen molar-refractivity contribution in [1.29, 1.82) is 0 Å². The molecule has 0 heterocycles. The molecule has 0 spiro atoms. The number of carbonyl (C=O) groups excluding carboxylic acids is 2. The summed E-state index contributed by atoms with van der Waals surface area (Å²) >= 11 is 0. The highest BCUT2D eigenvalue weighted by atomic mass is 16.5. The van der Waals surface area contributed by atoms with Crippen molar-refractivity contribution in [2.45, 2.75) is 113 Å². The normalized spacial score (nSPS) is 52.4. The van der Waals surface area contributed by atoms with Crippen molar-refractivity contribution < 1.29 is 14.3 Å². The zero-order chi connectivity index (χ0) is 24.7. The summed E-state index contributed by atoms with van der Waals surface area (Å²) in [7, 11) is 0. The molecule has 0 unspecified atom stereocenters. The molecule has 5 fully saturated rings. The lowest BCUT2D eigenvalue weighted by Crippen LogP contribution is -2.65. The van der Waals surface area contributed by atoms with Gasteiger partial charge in [-0.05, 0) is 110 Å². The number of fused-ring (bicyclic) bond motifs is 7. The lowest BCUT2D eigenvalue weighted by molar-refractivity contribution is -0.233. The van der Waals surface area contributed by atoms with E-state index in [1.165, 1.54) is 51.4 Å². The summed E-state index contributed by atoms with van der Waals surface area (Å²) in [6, 6.07) is 0. The van der Waals surface area contributed by atoms with E-state index in [-0.39, 0.29) is 17.3 Å². The van der Waals surface area contributed by atoms with Crippen LogP contribution in [0.3, 0.4) is 0 Å². The molecule has 0 aromatic rings. The van der Waals surface area contributed by atoms with Crippen molar-refractivity contribution in [3.05, 3.63) is 0 Å². The van der Waals surface area contributed by atoms with Gasteiger partial charge in [-0.25, -0.2) is 0 Å². The van der Waals surface area contributed by atoms with Crippen molar-refractivity contribution in [1.82, 2.24) is 0 Å². The van der Waals surface area contributed by atoms with Crippen LogP contribution < -0.4 is 0 Å². The number of ketones is 1. The first-order chi connectivity index (χ1) is 15.9. The zero-order valence-electron chi connectivity index (χ0n) is 23.0. The van der Waals surface area contributed by atoms with Gasteiger partial charge in [0.25, 0.3) is 0 Å². The Hall–Kier alpha value is -0.860. The minimum absolute atomic E-state index is 0.114. The second kappa shape index (κ2) is 8.07. The Labute approximate surface area is 208 Å². The van der Waals surface area contributed by atoms with E-state index in [0.29, 0.717) is 46.4 Å². The second-order valence-corrected chi connectivity index (χ2v) is 14.6. The highest BCUT2D eigenvalue weighted by Gasteiger charge is 2.70. The average molecular weight is 471 g/mol. The number of carbonyl (C=O) groups is 2. The number of Topliss-reactive ketones (excluding diaryl/α,β-unsaturated/α-hetero) is 1. The predicted octanol–water partition coefficient (Wildman–Crippen LogP) is 7.47. The van der Waals surface area contributed by atoms with Gasteiger partial charge in [-0.2, -0.15) is 0 Å². The number of rotatable bonds is 3. The number of esters is 1. The number of ether oxygens (including phenoxy) is 1. The van der Waals surface area contributed by atoms with E-state index in [2.05, 4.69) is 41.5 Å². The summed E-state index contributed by atoms with van der Waals surface area (Å²) in [4.78, 5) is 24.5. The van der Waals surface area contributed by atoms with Crippen LogP contribution in [0, 0.1) is 63.1 Å². The van der Waals surface area contributed by atoms with Gasteiger partial charge in [0, 0.05) is 24.7 Å². The van der Waals surface area contributed by atoms with Crippen LogP contribution in [0.4, 0.5) is 0 Å². The minimum atomic E-state index is -0.114. The smallest absolute Gasteiger partial charge is 0.302 e. The molecule has 10 atom stereocenters. The maximum absolute atomic E-state index is 12.7. The predicted molar refractivity (Wildman–Crippen MR) is 136 cm³/mol. The Morgan fingerprint density at radius 2 is 1.68 bits per heavy atom. The van der Waals surface area contributed by atoms with Gasteiger partial charge in [0.05, 0.1) is 6.61 Å². The van der Waals surface area contributed by atoms with Gasteiger partial charge in [-0.1, -0.05) is 41.5 Å². The highest BCUT2D eigenvalue weighted by Crippen LogP contribution is 2.76. The van der Waals surface area contributed by atoms with Gasteiger partial charge in [0.2, 0.25) is 0 Å². The van der Waals surface area contributed by atoms with Crippen LogP contribution in [0.15, 0.2) is 0 Å². The second-order valence-electron chi connectivity index (χ2n) is 14.6. The van der Waals surface area contributed by atoms with Crippen LogP contribution in [-0.4, -0.2) is 18.4 Å². The Balaban J connectivity index is 1.52. The Morgan fingerprint density at radius 3 is 2.35 bits per heavy atom. The molecule has 0 saturated heterocycles. The molecule has 0 aliphatic heterocycles. The summed E-state index contributed by atoms with van der Waals surface area (Å²) in [5.41, 5.74) is 1.20. The van der Waals surface area contributed by atoms with E-state index in [1.807, 2.05) is 0 Å². The number of hydrogen-bond donors (Lipinski definition) is 0. The molecule has 192 valence electrons. The van der Waals surface area contributed by atoms with Crippen molar-refractivity contribution >= 4 is 11.8 Å². The van der Waals surface area contributed by atoms with E-state index in [9.17, 15) is 9.59 Å². The topological polar surface area (TPSA) is 43.4 Å². The van der Waals surface area contributed by atoms with Gasteiger partial charge in [0.15, 0.2) is 0 Å². The van der Waals surface area contributed by atoms with Gasteiger partial charge in [-0.3, -0.25) is 9.59 Å². The van der Waals surface area contributed by atoms with E-state index >= 15 is 0 Å². The van der Waals surface area contributed by atoms with E-state index in [4.69, 9.17) is 4.74 Å². The lowest BCUT2D eigenvalue weighted by Gasteiger charge is -2.71. The molecule has 5 aliphatic carbocycles. The van der Waals surface area contributed by atoms with Crippen LogP contribution >= 0.6 is 0 Å². The van der Waals surface area contributed by atoms with Gasteiger partial charge < -0.3 is 4.74 Å². The van der Waals surface area contributed by atoms with Gasteiger partial charge in [0.1, 0.15) is 5.78 Å². The molecule has 3 nitrogen and oxygen atoms in total. The zero-order valence-corrected chi connectivity index (χ0v) is 23.0. The molecule has 0 amide bonds. The molecule has 34 heavy (non-hydrogen) atoms. The Kier molecular flexibility index (Phi) is 5.89. The molecule has 5 saturated carbocycles. The summed E-state index contributed by atoms with van der Waals surface area (Å²) in [6.45, 7) is 17.2. The maximum atomic E-state index is 12.7. The van der Waals surface area contributed by atoms with E-state index in [1.54, 1.807) is 6.92 Å². The molecule has 0 aromatic carbocycles. The van der Waals surface area contributed by atoms with Gasteiger partial charge in [-0.15, -0.1) is 0 Å². The molecular weight excluding hydrogens is 420 g/mol.